The Morgan fingerprint density at radius 3 is 2.64 bits per heavy atom. The lowest BCUT2D eigenvalue weighted by Crippen LogP contribution is -2.36. The van der Waals surface area contributed by atoms with Gasteiger partial charge in [-0.05, 0) is 44.5 Å². The Bertz CT molecular complexity index is 743. The van der Waals surface area contributed by atoms with Crippen LogP contribution in [0.5, 0.6) is 11.5 Å². The molecule has 0 bridgehead atoms. The summed E-state index contributed by atoms with van der Waals surface area (Å²) in [5.74, 6) is 4.20. The predicted molar refractivity (Wildman–Crippen MR) is 108 cm³/mol. The van der Waals surface area contributed by atoms with Crippen molar-refractivity contribution < 1.29 is 13.9 Å². The van der Waals surface area contributed by atoms with E-state index < -0.39 is 0 Å². The predicted octanol–water partition coefficient (Wildman–Crippen LogP) is 3.50. The maximum Gasteiger partial charge on any atom is 0.231 e. The SMILES string of the molecule is CCNC(=NCc1ccc2c(c1)OCO2)NCc1cc(C)oc1C.I. The van der Waals surface area contributed by atoms with Gasteiger partial charge in [-0.25, -0.2) is 4.99 Å². The first-order valence-electron chi connectivity index (χ1n) is 8.12. The van der Waals surface area contributed by atoms with E-state index in [4.69, 9.17) is 13.9 Å². The van der Waals surface area contributed by atoms with Crippen LogP contribution in [-0.4, -0.2) is 19.3 Å². The molecule has 0 saturated carbocycles. The number of benzene rings is 1. The standard InChI is InChI=1S/C18H23N3O3.HI/c1-4-19-18(21-10-15-7-12(2)24-13(15)3)20-9-14-5-6-16-17(8-14)23-11-22-16;/h5-8H,4,9-11H2,1-3H3,(H2,19,20,21);1H. The van der Waals surface area contributed by atoms with Gasteiger partial charge in [0.2, 0.25) is 6.79 Å². The number of furan rings is 1. The third-order valence-electron chi connectivity index (χ3n) is 3.79. The normalized spacial score (nSPS) is 12.7. The Morgan fingerprint density at radius 2 is 1.92 bits per heavy atom. The lowest BCUT2D eigenvalue weighted by molar-refractivity contribution is 0.174. The summed E-state index contributed by atoms with van der Waals surface area (Å²) in [6.07, 6.45) is 0. The molecule has 2 aromatic rings. The fourth-order valence-electron chi connectivity index (χ4n) is 2.59. The second-order valence-corrected chi connectivity index (χ2v) is 5.67. The van der Waals surface area contributed by atoms with Gasteiger partial charge in [0.25, 0.3) is 0 Å². The third-order valence-corrected chi connectivity index (χ3v) is 3.79. The van der Waals surface area contributed by atoms with E-state index in [0.717, 1.165) is 46.7 Å². The van der Waals surface area contributed by atoms with Gasteiger partial charge in [-0.3, -0.25) is 0 Å². The molecule has 0 unspecified atom stereocenters. The van der Waals surface area contributed by atoms with Crippen molar-refractivity contribution in [1.82, 2.24) is 10.6 Å². The molecule has 0 aliphatic carbocycles. The van der Waals surface area contributed by atoms with E-state index in [1.165, 1.54) is 0 Å². The van der Waals surface area contributed by atoms with Crippen molar-refractivity contribution in [2.24, 2.45) is 4.99 Å². The third kappa shape index (κ3) is 5.04. The van der Waals surface area contributed by atoms with E-state index >= 15 is 0 Å². The quantitative estimate of drug-likeness (QED) is 0.409. The zero-order valence-corrected chi connectivity index (χ0v) is 17.0. The van der Waals surface area contributed by atoms with Gasteiger partial charge >= 0.3 is 0 Å². The van der Waals surface area contributed by atoms with Crippen molar-refractivity contribution in [3.8, 4) is 11.5 Å². The van der Waals surface area contributed by atoms with E-state index in [9.17, 15) is 0 Å². The summed E-state index contributed by atoms with van der Waals surface area (Å²) in [5.41, 5.74) is 2.22. The number of rotatable bonds is 5. The van der Waals surface area contributed by atoms with Gasteiger partial charge in [-0.2, -0.15) is 0 Å². The molecule has 1 aliphatic heterocycles. The van der Waals surface area contributed by atoms with Crippen LogP contribution in [0.1, 0.15) is 29.6 Å². The smallest absolute Gasteiger partial charge is 0.231 e. The maximum absolute atomic E-state index is 5.55. The fourth-order valence-corrected chi connectivity index (χ4v) is 2.59. The second kappa shape index (κ2) is 8.98. The lowest BCUT2D eigenvalue weighted by atomic mass is 10.2. The molecule has 25 heavy (non-hydrogen) atoms. The number of fused-ring (bicyclic) bond motifs is 1. The van der Waals surface area contributed by atoms with Crippen LogP contribution in [0.4, 0.5) is 0 Å². The highest BCUT2D eigenvalue weighted by Gasteiger charge is 2.13. The highest BCUT2D eigenvalue weighted by atomic mass is 127. The van der Waals surface area contributed by atoms with Gasteiger partial charge in [0.1, 0.15) is 11.5 Å². The van der Waals surface area contributed by atoms with Gasteiger partial charge in [-0.15, -0.1) is 24.0 Å². The number of guanidine groups is 1. The number of nitrogens with zero attached hydrogens (tertiary/aromatic N) is 1. The van der Waals surface area contributed by atoms with Crippen molar-refractivity contribution in [1.29, 1.82) is 0 Å². The highest BCUT2D eigenvalue weighted by molar-refractivity contribution is 14.0. The Morgan fingerprint density at radius 1 is 1.12 bits per heavy atom. The Labute approximate surface area is 165 Å². The van der Waals surface area contributed by atoms with Crippen molar-refractivity contribution >= 4 is 29.9 Å². The van der Waals surface area contributed by atoms with E-state index in [1.807, 2.05) is 45.0 Å². The van der Waals surface area contributed by atoms with E-state index in [2.05, 4.69) is 15.6 Å². The minimum absolute atomic E-state index is 0. The number of aryl methyl sites for hydroxylation is 2. The molecular formula is C18H24IN3O3. The molecule has 1 aromatic carbocycles. The summed E-state index contributed by atoms with van der Waals surface area (Å²) in [4.78, 5) is 4.63. The molecule has 0 saturated heterocycles. The molecule has 0 spiro atoms. The summed E-state index contributed by atoms with van der Waals surface area (Å²) in [6.45, 7) is 8.30. The maximum atomic E-state index is 5.55. The zero-order chi connectivity index (χ0) is 16.9. The Balaban J connectivity index is 0.00000225. The molecule has 2 N–H and O–H groups in total. The van der Waals surface area contributed by atoms with Crippen LogP contribution in [0.15, 0.2) is 33.7 Å². The Hall–Kier alpha value is -1.90. The average molecular weight is 457 g/mol. The first-order valence-corrected chi connectivity index (χ1v) is 8.12. The highest BCUT2D eigenvalue weighted by Crippen LogP contribution is 2.32. The summed E-state index contributed by atoms with van der Waals surface area (Å²) in [5, 5.41) is 6.59. The molecule has 1 aliphatic rings. The van der Waals surface area contributed by atoms with Gasteiger partial charge in [0.15, 0.2) is 17.5 Å². The summed E-state index contributed by atoms with van der Waals surface area (Å²) < 4.78 is 16.3. The molecule has 0 amide bonds. The first kappa shape index (κ1) is 19.4. The van der Waals surface area contributed by atoms with Crippen molar-refractivity contribution in [3.05, 3.63) is 46.9 Å². The van der Waals surface area contributed by atoms with Crippen LogP contribution >= 0.6 is 24.0 Å². The molecule has 3 rings (SSSR count). The van der Waals surface area contributed by atoms with Gasteiger partial charge in [0, 0.05) is 18.7 Å². The van der Waals surface area contributed by atoms with E-state index in [1.54, 1.807) is 0 Å². The van der Waals surface area contributed by atoms with Gasteiger partial charge < -0.3 is 24.5 Å². The van der Waals surface area contributed by atoms with Crippen LogP contribution in [0, 0.1) is 13.8 Å². The molecular weight excluding hydrogens is 433 g/mol. The minimum Gasteiger partial charge on any atom is -0.466 e. The molecule has 0 radical (unpaired) electrons. The van der Waals surface area contributed by atoms with Crippen LogP contribution in [0.2, 0.25) is 0 Å². The van der Waals surface area contributed by atoms with E-state index in [0.29, 0.717) is 13.1 Å². The lowest BCUT2D eigenvalue weighted by Gasteiger charge is -2.11. The number of halogens is 1. The Kier molecular flexibility index (Phi) is 6.98. The van der Waals surface area contributed by atoms with Crippen LogP contribution in [0.25, 0.3) is 0 Å². The molecule has 1 aromatic heterocycles. The number of ether oxygens (including phenoxy) is 2. The van der Waals surface area contributed by atoms with Crippen LogP contribution < -0.4 is 20.1 Å². The first-order chi connectivity index (χ1) is 11.7. The summed E-state index contributed by atoms with van der Waals surface area (Å²) >= 11 is 0. The van der Waals surface area contributed by atoms with Crippen LogP contribution in [0.3, 0.4) is 0 Å². The van der Waals surface area contributed by atoms with Crippen LogP contribution in [-0.2, 0) is 13.1 Å². The van der Waals surface area contributed by atoms with Crippen molar-refractivity contribution in [2.45, 2.75) is 33.9 Å². The topological polar surface area (TPSA) is 68.0 Å². The molecule has 7 heteroatoms. The molecule has 2 heterocycles. The molecule has 136 valence electrons. The largest absolute Gasteiger partial charge is 0.466 e. The van der Waals surface area contributed by atoms with Crippen molar-refractivity contribution in [3.63, 3.8) is 0 Å². The number of hydrogen-bond acceptors (Lipinski definition) is 4. The zero-order valence-electron chi connectivity index (χ0n) is 14.7. The number of nitrogens with one attached hydrogen (secondary N) is 2. The monoisotopic (exact) mass is 457 g/mol. The number of hydrogen-bond donors (Lipinski definition) is 2. The molecule has 0 fully saturated rings. The van der Waals surface area contributed by atoms with Gasteiger partial charge in [0.05, 0.1) is 6.54 Å². The fraction of sp³-hybridized carbons (Fsp3) is 0.389. The molecule has 6 nitrogen and oxygen atoms in total. The summed E-state index contributed by atoms with van der Waals surface area (Å²) in [6, 6.07) is 7.94. The minimum atomic E-state index is 0. The molecule has 0 atom stereocenters. The second-order valence-electron chi connectivity index (χ2n) is 5.67. The number of aliphatic imine (C=N–C) groups is 1. The summed E-state index contributed by atoms with van der Waals surface area (Å²) in [7, 11) is 0. The van der Waals surface area contributed by atoms with Crippen molar-refractivity contribution in [2.75, 3.05) is 13.3 Å². The van der Waals surface area contributed by atoms with E-state index in [-0.39, 0.29) is 30.8 Å². The van der Waals surface area contributed by atoms with Gasteiger partial charge in [-0.1, -0.05) is 6.07 Å². The average Bonchev–Trinajstić information content (AvgIpc) is 3.15.